The van der Waals surface area contributed by atoms with Crippen molar-refractivity contribution < 1.29 is 14.2 Å². The number of aliphatic hydroxyl groups is 1. The zero-order valence-corrected chi connectivity index (χ0v) is 17.4. The van der Waals surface area contributed by atoms with Gasteiger partial charge in [-0.2, -0.15) is 0 Å². The second-order valence-corrected chi connectivity index (χ2v) is 10.1. The second-order valence-electron chi connectivity index (χ2n) is 7.66. The molecule has 27 heavy (non-hydrogen) atoms. The molecule has 3 rings (SSSR count). The van der Waals surface area contributed by atoms with Crippen molar-refractivity contribution in [3.63, 3.8) is 0 Å². The lowest BCUT2D eigenvalue weighted by molar-refractivity contribution is 0.137. The maximum atomic E-state index is 14.1. The van der Waals surface area contributed by atoms with Crippen molar-refractivity contribution in [2.75, 3.05) is 19.0 Å². The van der Waals surface area contributed by atoms with Crippen LogP contribution in [0, 0.1) is 6.92 Å². The van der Waals surface area contributed by atoms with Gasteiger partial charge in [-0.05, 0) is 49.6 Å². The van der Waals surface area contributed by atoms with Crippen LogP contribution in [0.5, 0.6) is 0 Å². The summed E-state index contributed by atoms with van der Waals surface area (Å²) >= 11 is 0. The van der Waals surface area contributed by atoms with Gasteiger partial charge in [-0.1, -0.05) is 49.1 Å². The molecule has 2 aromatic rings. The Balaban J connectivity index is 1.96. The number of rotatable bonds is 6. The number of benzene rings is 2. The first kappa shape index (κ1) is 20.1. The Bertz CT molecular complexity index is 780. The normalized spacial score (nSPS) is 18.7. The smallest absolute Gasteiger partial charge is 0.264 e. The van der Waals surface area contributed by atoms with E-state index < -0.39 is 13.2 Å². The summed E-state index contributed by atoms with van der Waals surface area (Å²) in [6.07, 6.45) is 5.12. The zero-order valence-electron chi connectivity index (χ0n) is 16.5. The summed E-state index contributed by atoms with van der Waals surface area (Å²) in [5.41, 5.74) is 2.76. The van der Waals surface area contributed by atoms with E-state index in [9.17, 15) is 9.67 Å². The minimum absolute atomic E-state index is 0.0572. The van der Waals surface area contributed by atoms with Gasteiger partial charge in [-0.25, -0.2) is 0 Å². The molecule has 1 saturated carbocycles. The second kappa shape index (κ2) is 8.60. The van der Waals surface area contributed by atoms with Crippen molar-refractivity contribution >= 4 is 18.4 Å². The molecule has 0 bridgehead atoms. The molecule has 2 aromatic carbocycles. The van der Waals surface area contributed by atoms with Gasteiger partial charge in [-0.3, -0.25) is 4.57 Å². The fourth-order valence-corrected chi connectivity index (χ4v) is 5.85. The summed E-state index contributed by atoms with van der Waals surface area (Å²) in [4.78, 5) is 1.99. The summed E-state index contributed by atoms with van der Waals surface area (Å²) in [6, 6.07) is 15.0. The fraction of sp³-hybridized carbons (Fsp3) is 0.455. The number of hydrogen-bond donors (Lipinski definition) is 1. The Morgan fingerprint density at radius 1 is 1.00 bits per heavy atom. The number of nitrogens with zero attached hydrogens (tertiary/aromatic N) is 1. The van der Waals surface area contributed by atoms with Crippen molar-refractivity contribution in [3.05, 3.63) is 59.7 Å². The van der Waals surface area contributed by atoms with Gasteiger partial charge in [-0.15, -0.1) is 0 Å². The lowest BCUT2D eigenvalue weighted by atomic mass is 9.98. The number of anilines is 1. The van der Waals surface area contributed by atoms with E-state index in [0.717, 1.165) is 36.9 Å². The van der Waals surface area contributed by atoms with Crippen LogP contribution in [0.3, 0.4) is 0 Å². The Morgan fingerprint density at radius 3 is 2.15 bits per heavy atom. The van der Waals surface area contributed by atoms with E-state index in [4.69, 9.17) is 4.52 Å². The molecule has 1 aliphatic carbocycles. The van der Waals surface area contributed by atoms with Crippen molar-refractivity contribution in [2.45, 2.75) is 51.0 Å². The van der Waals surface area contributed by atoms with E-state index in [2.05, 4.69) is 0 Å². The summed E-state index contributed by atoms with van der Waals surface area (Å²) < 4.78 is 20.3. The van der Waals surface area contributed by atoms with Gasteiger partial charge in [0.15, 0.2) is 5.85 Å². The predicted octanol–water partition coefficient (Wildman–Crippen LogP) is 5.00. The summed E-state index contributed by atoms with van der Waals surface area (Å²) in [5.74, 6) is -1.16. The Kier molecular flexibility index (Phi) is 6.41. The highest BCUT2D eigenvalue weighted by atomic mass is 31.2. The minimum atomic E-state index is -3.48. The molecule has 0 radical (unpaired) electrons. The van der Waals surface area contributed by atoms with Gasteiger partial charge < -0.3 is 14.5 Å². The maximum absolute atomic E-state index is 14.1. The van der Waals surface area contributed by atoms with Crippen LogP contribution in [0.4, 0.5) is 5.69 Å². The molecule has 0 saturated heterocycles. The molecular weight excluding hydrogens is 357 g/mol. The monoisotopic (exact) mass is 387 g/mol. The Hall–Kier alpha value is -1.61. The third-order valence-electron chi connectivity index (χ3n) is 5.28. The molecule has 0 spiro atoms. The Labute approximate surface area is 162 Å². The van der Waals surface area contributed by atoms with E-state index >= 15 is 0 Å². The van der Waals surface area contributed by atoms with Crippen molar-refractivity contribution in [1.29, 1.82) is 0 Å². The van der Waals surface area contributed by atoms with Crippen LogP contribution in [0.15, 0.2) is 48.5 Å². The first-order valence-corrected chi connectivity index (χ1v) is 11.4. The number of hydrogen-bond acceptors (Lipinski definition) is 4. The van der Waals surface area contributed by atoms with E-state index in [-0.39, 0.29) is 6.10 Å². The van der Waals surface area contributed by atoms with E-state index in [0.29, 0.717) is 10.9 Å². The highest BCUT2D eigenvalue weighted by molar-refractivity contribution is 7.67. The van der Waals surface area contributed by atoms with Crippen LogP contribution >= 0.6 is 7.37 Å². The summed E-state index contributed by atoms with van der Waals surface area (Å²) in [5, 5.41) is 11.7. The number of aryl methyl sites for hydroxylation is 1. The third kappa shape index (κ3) is 4.63. The predicted molar refractivity (Wildman–Crippen MR) is 112 cm³/mol. The van der Waals surface area contributed by atoms with Gasteiger partial charge in [0.2, 0.25) is 0 Å². The van der Waals surface area contributed by atoms with Crippen LogP contribution in [-0.2, 0) is 9.09 Å². The van der Waals surface area contributed by atoms with Crippen LogP contribution in [0.1, 0.15) is 49.1 Å². The third-order valence-corrected chi connectivity index (χ3v) is 7.85. The average molecular weight is 387 g/mol. The highest BCUT2D eigenvalue weighted by Gasteiger charge is 2.39. The maximum Gasteiger partial charge on any atom is 0.264 e. The minimum Gasteiger partial charge on any atom is -0.378 e. The topological polar surface area (TPSA) is 49.8 Å². The van der Waals surface area contributed by atoms with E-state index in [1.165, 1.54) is 6.42 Å². The molecule has 0 aromatic heterocycles. The fourth-order valence-electron chi connectivity index (χ4n) is 3.55. The van der Waals surface area contributed by atoms with E-state index in [1.807, 2.05) is 74.4 Å². The van der Waals surface area contributed by atoms with Crippen molar-refractivity contribution in [3.8, 4) is 0 Å². The average Bonchev–Trinajstić information content (AvgIpc) is 2.69. The molecule has 4 nitrogen and oxygen atoms in total. The van der Waals surface area contributed by atoms with Gasteiger partial charge in [0, 0.05) is 25.1 Å². The van der Waals surface area contributed by atoms with Crippen LogP contribution in [-0.4, -0.2) is 25.3 Å². The quantitative estimate of drug-likeness (QED) is 0.709. The molecular formula is C22H30NO3P. The molecule has 2 atom stereocenters. The van der Waals surface area contributed by atoms with Gasteiger partial charge >= 0.3 is 0 Å². The molecule has 1 fully saturated rings. The molecule has 0 aliphatic heterocycles. The molecule has 146 valence electrons. The highest BCUT2D eigenvalue weighted by Crippen LogP contribution is 2.59. The SMILES string of the molecule is Cc1ccc([C@H](O)[P@](=O)(OC2CCCCC2)c2ccc(N(C)C)cc2)cc1. The lowest BCUT2D eigenvalue weighted by Gasteiger charge is -2.31. The summed E-state index contributed by atoms with van der Waals surface area (Å²) in [6.45, 7) is 1.99. The molecule has 0 amide bonds. The Morgan fingerprint density at radius 2 is 1.59 bits per heavy atom. The van der Waals surface area contributed by atoms with Crippen LogP contribution < -0.4 is 10.2 Å². The molecule has 5 heteroatoms. The van der Waals surface area contributed by atoms with E-state index in [1.54, 1.807) is 0 Å². The molecule has 1 N–H and O–H groups in total. The van der Waals surface area contributed by atoms with Gasteiger partial charge in [0.25, 0.3) is 7.37 Å². The summed E-state index contributed by atoms with van der Waals surface area (Å²) in [7, 11) is 0.452. The standard InChI is InChI=1S/C22H30NO3P/c1-17-9-11-18(12-10-17)22(24)27(25,26-20-7-5-4-6-8-20)21-15-13-19(14-16-21)23(2)3/h9-16,20,22,24H,4-8H2,1-3H3/t22-,27-/m1/s1. The largest absolute Gasteiger partial charge is 0.378 e. The molecule has 0 unspecified atom stereocenters. The van der Waals surface area contributed by atoms with Gasteiger partial charge in [0.1, 0.15) is 0 Å². The van der Waals surface area contributed by atoms with Crippen LogP contribution in [0.25, 0.3) is 0 Å². The van der Waals surface area contributed by atoms with Crippen molar-refractivity contribution in [1.82, 2.24) is 0 Å². The first-order chi connectivity index (χ1) is 12.9. The van der Waals surface area contributed by atoms with Gasteiger partial charge in [0.05, 0.1) is 6.10 Å². The van der Waals surface area contributed by atoms with Crippen LogP contribution in [0.2, 0.25) is 0 Å². The lowest BCUT2D eigenvalue weighted by Crippen LogP contribution is -2.22. The molecule has 1 aliphatic rings. The first-order valence-electron chi connectivity index (χ1n) is 9.71. The number of aliphatic hydroxyl groups excluding tert-OH is 1. The zero-order chi connectivity index (χ0) is 19.4. The molecule has 0 heterocycles. The van der Waals surface area contributed by atoms with Crippen molar-refractivity contribution in [2.24, 2.45) is 0 Å².